The maximum Gasteiger partial charge on any atom is 0.267 e. The van der Waals surface area contributed by atoms with Gasteiger partial charge in [-0.05, 0) is 55.7 Å². The summed E-state index contributed by atoms with van der Waals surface area (Å²) in [6.45, 7) is 3.45. The summed E-state index contributed by atoms with van der Waals surface area (Å²) in [7, 11) is 0. The van der Waals surface area contributed by atoms with Crippen LogP contribution in [0.4, 0.5) is 5.82 Å². The smallest absolute Gasteiger partial charge is 0.267 e. The number of hydrogen-bond acceptors (Lipinski definition) is 7. The highest BCUT2D eigenvalue weighted by Crippen LogP contribution is 2.25. The molecule has 1 aliphatic heterocycles. The third-order valence-corrected chi connectivity index (χ3v) is 7.03. The van der Waals surface area contributed by atoms with Crippen LogP contribution in [0, 0.1) is 0 Å². The lowest BCUT2D eigenvalue weighted by Gasteiger charge is -2.36. The van der Waals surface area contributed by atoms with Gasteiger partial charge in [-0.3, -0.25) is 9.69 Å². The average molecular weight is 411 g/mol. The molecule has 0 aromatic carbocycles. The molecule has 1 atom stereocenters. The van der Waals surface area contributed by atoms with E-state index in [0.29, 0.717) is 12.6 Å². The van der Waals surface area contributed by atoms with Gasteiger partial charge in [-0.1, -0.05) is 6.42 Å². The lowest BCUT2D eigenvalue weighted by Crippen LogP contribution is -2.45. The molecule has 0 radical (unpaired) electrons. The van der Waals surface area contributed by atoms with Crippen LogP contribution in [-0.2, 0) is 19.4 Å². The number of fused-ring (bicyclic) bond motifs is 2. The van der Waals surface area contributed by atoms with Gasteiger partial charge >= 0.3 is 0 Å². The van der Waals surface area contributed by atoms with Crippen LogP contribution in [0.3, 0.4) is 0 Å². The SMILES string of the molecule is O=c1cc2c(nn1CCN1CCCCC1CNc1ncnc3ccsc13)CCC2. The van der Waals surface area contributed by atoms with Crippen LogP contribution < -0.4 is 10.9 Å². The fourth-order valence-electron chi connectivity index (χ4n) is 4.54. The van der Waals surface area contributed by atoms with Crippen molar-refractivity contribution in [3.63, 3.8) is 0 Å². The number of piperidine rings is 1. The molecule has 1 N–H and O–H groups in total. The molecule has 8 heteroatoms. The number of likely N-dealkylation sites (tertiary alicyclic amines) is 1. The summed E-state index contributed by atoms with van der Waals surface area (Å²) in [6, 6.07) is 4.27. The summed E-state index contributed by atoms with van der Waals surface area (Å²) in [5, 5.41) is 10.2. The van der Waals surface area contributed by atoms with Crippen molar-refractivity contribution >= 4 is 27.4 Å². The van der Waals surface area contributed by atoms with E-state index < -0.39 is 0 Å². The molecule has 2 aliphatic rings. The maximum atomic E-state index is 12.4. The Bertz CT molecular complexity index is 1060. The van der Waals surface area contributed by atoms with Gasteiger partial charge in [0.05, 0.1) is 22.5 Å². The highest BCUT2D eigenvalue weighted by molar-refractivity contribution is 7.17. The quantitative estimate of drug-likeness (QED) is 0.673. The topological polar surface area (TPSA) is 75.9 Å². The first-order valence-electron chi connectivity index (χ1n) is 10.5. The number of aryl methyl sites for hydroxylation is 2. The van der Waals surface area contributed by atoms with E-state index in [1.54, 1.807) is 28.4 Å². The van der Waals surface area contributed by atoms with E-state index in [1.165, 1.54) is 12.8 Å². The molecule has 1 fully saturated rings. The van der Waals surface area contributed by atoms with Crippen molar-refractivity contribution in [3.05, 3.63) is 45.5 Å². The third kappa shape index (κ3) is 3.91. The van der Waals surface area contributed by atoms with Gasteiger partial charge in [0.15, 0.2) is 0 Å². The summed E-state index contributed by atoms with van der Waals surface area (Å²) in [6.07, 6.45) is 8.37. The number of nitrogens with zero attached hydrogens (tertiary/aromatic N) is 5. The van der Waals surface area contributed by atoms with Crippen LogP contribution in [0.5, 0.6) is 0 Å². The van der Waals surface area contributed by atoms with Gasteiger partial charge in [-0.2, -0.15) is 5.10 Å². The van der Waals surface area contributed by atoms with Crippen molar-refractivity contribution in [2.45, 2.75) is 51.1 Å². The Hall–Kier alpha value is -2.32. The zero-order valence-electron chi connectivity index (χ0n) is 16.5. The first-order chi connectivity index (χ1) is 14.3. The van der Waals surface area contributed by atoms with Crippen LogP contribution in [-0.4, -0.2) is 50.3 Å². The average Bonchev–Trinajstić information content (AvgIpc) is 3.40. The second kappa shape index (κ2) is 8.20. The fraction of sp³-hybridized carbons (Fsp3) is 0.524. The van der Waals surface area contributed by atoms with Crippen molar-refractivity contribution < 1.29 is 0 Å². The van der Waals surface area contributed by atoms with E-state index in [4.69, 9.17) is 0 Å². The van der Waals surface area contributed by atoms with Crippen LogP contribution in [0.2, 0.25) is 0 Å². The molecule has 1 saturated heterocycles. The van der Waals surface area contributed by atoms with E-state index in [0.717, 1.165) is 72.6 Å². The Morgan fingerprint density at radius 2 is 2.14 bits per heavy atom. The maximum absolute atomic E-state index is 12.4. The van der Waals surface area contributed by atoms with E-state index in [1.807, 2.05) is 6.07 Å². The van der Waals surface area contributed by atoms with Crippen molar-refractivity contribution in [3.8, 4) is 0 Å². The second-order valence-electron chi connectivity index (χ2n) is 7.95. The zero-order valence-corrected chi connectivity index (χ0v) is 17.3. The Labute approximate surface area is 173 Å². The third-order valence-electron chi connectivity index (χ3n) is 6.12. The monoisotopic (exact) mass is 410 g/mol. The minimum absolute atomic E-state index is 0.0402. The molecule has 4 heterocycles. The molecule has 29 heavy (non-hydrogen) atoms. The van der Waals surface area contributed by atoms with Crippen LogP contribution in [0.1, 0.15) is 36.9 Å². The molecule has 0 amide bonds. The molecule has 3 aromatic rings. The van der Waals surface area contributed by atoms with Crippen LogP contribution >= 0.6 is 11.3 Å². The second-order valence-corrected chi connectivity index (χ2v) is 8.87. The van der Waals surface area contributed by atoms with E-state index in [-0.39, 0.29) is 5.56 Å². The zero-order chi connectivity index (χ0) is 19.6. The highest BCUT2D eigenvalue weighted by atomic mass is 32.1. The van der Waals surface area contributed by atoms with Gasteiger partial charge in [0.2, 0.25) is 0 Å². The number of rotatable bonds is 6. The highest BCUT2D eigenvalue weighted by Gasteiger charge is 2.23. The first kappa shape index (κ1) is 18.7. The van der Waals surface area contributed by atoms with Crippen molar-refractivity contribution in [1.82, 2.24) is 24.6 Å². The summed E-state index contributed by atoms with van der Waals surface area (Å²) in [5.41, 5.74) is 3.30. The molecular formula is C21H26N6OS. The van der Waals surface area contributed by atoms with Gasteiger partial charge in [-0.25, -0.2) is 14.6 Å². The normalized spacial score (nSPS) is 19.5. The van der Waals surface area contributed by atoms with Gasteiger partial charge in [0.1, 0.15) is 12.1 Å². The summed E-state index contributed by atoms with van der Waals surface area (Å²) in [5.74, 6) is 0.923. The molecule has 3 aromatic heterocycles. The summed E-state index contributed by atoms with van der Waals surface area (Å²) < 4.78 is 2.78. The Morgan fingerprint density at radius 1 is 1.17 bits per heavy atom. The molecule has 1 unspecified atom stereocenters. The lowest BCUT2D eigenvalue weighted by atomic mass is 10.0. The van der Waals surface area contributed by atoms with Gasteiger partial charge < -0.3 is 5.32 Å². The predicted molar refractivity (Wildman–Crippen MR) is 116 cm³/mol. The van der Waals surface area contributed by atoms with Gasteiger partial charge in [0.25, 0.3) is 5.56 Å². The largest absolute Gasteiger partial charge is 0.367 e. The molecule has 0 bridgehead atoms. The van der Waals surface area contributed by atoms with Crippen molar-refractivity contribution in [2.24, 2.45) is 0 Å². The van der Waals surface area contributed by atoms with E-state index in [2.05, 4.69) is 30.7 Å². The Kier molecular flexibility index (Phi) is 5.28. The number of thiophene rings is 1. The fourth-order valence-corrected chi connectivity index (χ4v) is 5.35. The van der Waals surface area contributed by atoms with E-state index in [9.17, 15) is 4.79 Å². The molecule has 0 saturated carbocycles. The predicted octanol–water partition coefficient (Wildman–Crippen LogP) is 2.70. The number of hydrogen-bond donors (Lipinski definition) is 1. The molecular weight excluding hydrogens is 384 g/mol. The summed E-state index contributed by atoms with van der Waals surface area (Å²) in [4.78, 5) is 23.7. The molecule has 152 valence electrons. The minimum Gasteiger partial charge on any atom is -0.367 e. The van der Waals surface area contributed by atoms with Crippen molar-refractivity contribution in [2.75, 3.05) is 25.0 Å². The van der Waals surface area contributed by atoms with Gasteiger partial charge in [0, 0.05) is 25.2 Å². The Balaban J connectivity index is 1.25. The first-order valence-corrected chi connectivity index (χ1v) is 11.4. The van der Waals surface area contributed by atoms with Crippen molar-refractivity contribution in [1.29, 1.82) is 0 Å². The molecule has 0 spiro atoms. The molecule has 1 aliphatic carbocycles. The van der Waals surface area contributed by atoms with Crippen LogP contribution in [0.15, 0.2) is 28.6 Å². The standard InChI is InChI=1S/C21H26N6OS/c28-19-12-15-4-3-6-17(15)25-27(19)10-9-26-8-2-1-5-16(26)13-22-21-20-18(7-11-29-20)23-14-24-21/h7,11-12,14,16H,1-6,8-10,13H2,(H,22,23,24). The van der Waals surface area contributed by atoms with E-state index >= 15 is 0 Å². The number of aromatic nitrogens is 4. The summed E-state index contributed by atoms with van der Waals surface area (Å²) >= 11 is 1.67. The lowest BCUT2D eigenvalue weighted by molar-refractivity contribution is 0.148. The van der Waals surface area contributed by atoms with Gasteiger partial charge in [-0.15, -0.1) is 11.3 Å². The number of anilines is 1. The number of nitrogens with one attached hydrogen (secondary N) is 1. The minimum atomic E-state index is 0.0402. The molecule has 5 rings (SSSR count). The van der Waals surface area contributed by atoms with Crippen LogP contribution in [0.25, 0.3) is 10.2 Å². The molecule has 7 nitrogen and oxygen atoms in total. The Morgan fingerprint density at radius 3 is 3.10 bits per heavy atom.